The highest BCUT2D eigenvalue weighted by molar-refractivity contribution is 5.93. The smallest absolute Gasteiger partial charge is 0.263 e. The number of likely N-dealkylation sites (tertiary alicyclic amines) is 1. The Kier molecular flexibility index (Phi) is 5.32. The zero-order chi connectivity index (χ0) is 18.7. The van der Waals surface area contributed by atoms with Crippen LogP contribution in [0.5, 0.6) is 5.75 Å². The average Bonchev–Trinajstić information content (AvgIpc) is 3.06. The minimum atomic E-state index is -0.499. The molecule has 7 nitrogen and oxygen atoms in total. The van der Waals surface area contributed by atoms with Crippen LogP contribution in [0, 0.1) is 5.82 Å². The van der Waals surface area contributed by atoms with Crippen LogP contribution in [0.25, 0.3) is 0 Å². The normalized spacial score (nSPS) is 17.3. The Bertz CT molecular complexity index is 837. The summed E-state index contributed by atoms with van der Waals surface area (Å²) < 4.78 is 18.3. The number of hydrogen-bond acceptors (Lipinski definition) is 5. The second-order valence-electron chi connectivity index (χ2n) is 6.44. The summed E-state index contributed by atoms with van der Waals surface area (Å²) in [6, 6.07) is 5.62. The molecule has 8 heteroatoms. The summed E-state index contributed by atoms with van der Waals surface area (Å²) in [6.45, 7) is 1.73. The molecule has 0 spiro atoms. The van der Waals surface area contributed by atoms with Gasteiger partial charge in [0.2, 0.25) is 0 Å². The van der Waals surface area contributed by atoms with E-state index in [-0.39, 0.29) is 29.9 Å². The van der Waals surface area contributed by atoms with Gasteiger partial charge in [0, 0.05) is 25.8 Å². The number of carbonyl (C=O) groups excluding carboxylic acids is 1. The molecule has 1 aliphatic heterocycles. The van der Waals surface area contributed by atoms with E-state index in [0.29, 0.717) is 11.6 Å². The lowest BCUT2D eigenvalue weighted by molar-refractivity contribution is 0.0735. The van der Waals surface area contributed by atoms with E-state index in [9.17, 15) is 14.0 Å². The molecular formula is C18H21FN4O3. The Morgan fingerprint density at radius 3 is 2.77 bits per heavy atom. The lowest BCUT2D eigenvalue weighted by Gasteiger charge is -2.24. The summed E-state index contributed by atoms with van der Waals surface area (Å²) in [6.07, 6.45) is 2.16. The molecule has 1 fully saturated rings. The topological polar surface area (TPSA) is 78.5 Å². The Balaban J connectivity index is 1.66. The molecule has 138 valence electrons. The quantitative estimate of drug-likeness (QED) is 0.869. The van der Waals surface area contributed by atoms with Crippen molar-refractivity contribution in [3.05, 3.63) is 58.0 Å². The monoisotopic (exact) mass is 360 g/mol. The van der Waals surface area contributed by atoms with Crippen LogP contribution < -0.4 is 10.3 Å². The van der Waals surface area contributed by atoms with E-state index in [4.69, 9.17) is 4.74 Å². The summed E-state index contributed by atoms with van der Waals surface area (Å²) in [7, 11) is 3.71. The van der Waals surface area contributed by atoms with Gasteiger partial charge < -0.3 is 19.5 Å². The standard InChI is InChI=1S/C18H21FN4O3/c1-22-8-7-13(10-22)23(2)18(25)15-9-20-16(21-17(15)24)11-26-14-5-3-12(19)4-6-14/h3-6,9,13H,7-8,10-11H2,1-2H3,(H,20,21,24)/t13-/m0/s1. The van der Waals surface area contributed by atoms with E-state index in [2.05, 4.69) is 14.9 Å². The molecule has 1 aliphatic rings. The molecule has 1 saturated heterocycles. The number of benzene rings is 1. The first-order valence-corrected chi connectivity index (χ1v) is 8.36. The van der Waals surface area contributed by atoms with Gasteiger partial charge in [-0.3, -0.25) is 9.59 Å². The van der Waals surface area contributed by atoms with Crippen LogP contribution in [0.15, 0.2) is 35.3 Å². The van der Waals surface area contributed by atoms with Crippen molar-refractivity contribution >= 4 is 5.91 Å². The molecule has 26 heavy (non-hydrogen) atoms. The van der Waals surface area contributed by atoms with Gasteiger partial charge >= 0.3 is 0 Å². The van der Waals surface area contributed by atoms with Gasteiger partial charge in [0.15, 0.2) is 0 Å². The summed E-state index contributed by atoms with van der Waals surface area (Å²) in [5, 5.41) is 0. The van der Waals surface area contributed by atoms with Crippen molar-refractivity contribution in [2.75, 3.05) is 27.2 Å². The third-order valence-electron chi connectivity index (χ3n) is 4.51. The van der Waals surface area contributed by atoms with E-state index < -0.39 is 5.56 Å². The summed E-state index contributed by atoms with van der Waals surface area (Å²) >= 11 is 0. The van der Waals surface area contributed by atoms with Gasteiger partial charge in [0.05, 0.1) is 0 Å². The first-order valence-electron chi connectivity index (χ1n) is 8.36. The van der Waals surface area contributed by atoms with Crippen molar-refractivity contribution in [3.8, 4) is 5.75 Å². The number of rotatable bonds is 5. The van der Waals surface area contributed by atoms with Crippen LogP contribution in [0.2, 0.25) is 0 Å². The van der Waals surface area contributed by atoms with Crippen molar-refractivity contribution in [2.24, 2.45) is 0 Å². The van der Waals surface area contributed by atoms with Crippen molar-refractivity contribution in [3.63, 3.8) is 0 Å². The van der Waals surface area contributed by atoms with E-state index >= 15 is 0 Å². The van der Waals surface area contributed by atoms with Crippen LogP contribution in [0.4, 0.5) is 4.39 Å². The average molecular weight is 360 g/mol. The van der Waals surface area contributed by atoms with Crippen LogP contribution in [-0.2, 0) is 6.61 Å². The van der Waals surface area contributed by atoms with Gasteiger partial charge in [0.25, 0.3) is 11.5 Å². The third-order valence-corrected chi connectivity index (χ3v) is 4.51. The van der Waals surface area contributed by atoms with Crippen molar-refractivity contribution in [1.29, 1.82) is 0 Å². The SMILES string of the molecule is CN1CC[C@H](N(C)C(=O)c2cnc(COc3ccc(F)cc3)[nH]c2=O)C1. The number of nitrogens with one attached hydrogen (secondary N) is 1. The first-order chi connectivity index (χ1) is 12.4. The third kappa shape index (κ3) is 4.08. The molecule has 0 bridgehead atoms. The molecule has 1 N–H and O–H groups in total. The zero-order valence-corrected chi connectivity index (χ0v) is 14.7. The molecule has 2 heterocycles. The van der Waals surface area contributed by atoms with Crippen LogP contribution in [0.3, 0.4) is 0 Å². The van der Waals surface area contributed by atoms with Crippen molar-refractivity contribution < 1.29 is 13.9 Å². The highest BCUT2D eigenvalue weighted by atomic mass is 19.1. The fraction of sp³-hybridized carbons (Fsp3) is 0.389. The molecule has 1 amide bonds. The van der Waals surface area contributed by atoms with Gasteiger partial charge in [-0.15, -0.1) is 0 Å². The molecule has 1 atom stereocenters. The highest BCUT2D eigenvalue weighted by Gasteiger charge is 2.28. The maximum Gasteiger partial charge on any atom is 0.263 e. The van der Waals surface area contributed by atoms with Crippen molar-refractivity contribution in [1.82, 2.24) is 19.8 Å². The number of amides is 1. The Hall–Kier alpha value is -2.74. The molecule has 0 aliphatic carbocycles. The summed E-state index contributed by atoms with van der Waals surface area (Å²) in [5.41, 5.74) is -0.492. The predicted octanol–water partition coefficient (Wildman–Crippen LogP) is 1.26. The second-order valence-corrected chi connectivity index (χ2v) is 6.44. The van der Waals surface area contributed by atoms with Crippen LogP contribution in [0.1, 0.15) is 22.6 Å². The fourth-order valence-corrected chi connectivity index (χ4v) is 2.92. The minimum absolute atomic E-state index is 0.00702. The number of halogens is 1. The van der Waals surface area contributed by atoms with Crippen LogP contribution in [-0.4, -0.2) is 58.9 Å². The lowest BCUT2D eigenvalue weighted by atomic mass is 10.2. The first kappa shape index (κ1) is 18.1. The summed E-state index contributed by atoms with van der Waals surface area (Å²) in [4.78, 5) is 35.2. The number of likely N-dealkylation sites (N-methyl/N-ethyl adjacent to an activating group) is 2. The molecule has 0 saturated carbocycles. The molecular weight excluding hydrogens is 339 g/mol. The Labute approximate surface area is 150 Å². The van der Waals surface area contributed by atoms with E-state index in [1.165, 1.54) is 30.5 Å². The Morgan fingerprint density at radius 1 is 1.42 bits per heavy atom. The van der Waals surface area contributed by atoms with E-state index in [1.54, 1.807) is 11.9 Å². The number of H-pyrrole nitrogens is 1. The van der Waals surface area contributed by atoms with Gasteiger partial charge in [-0.2, -0.15) is 0 Å². The van der Waals surface area contributed by atoms with Gasteiger partial charge in [-0.25, -0.2) is 9.37 Å². The van der Waals surface area contributed by atoms with Crippen LogP contribution >= 0.6 is 0 Å². The molecule has 2 aromatic rings. The maximum absolute atomic E-state index is 12.9. The highest BCUT2D eigenvalue weighted by Crippen LogP contribution is 2.15. The molecule has 1 aromatic carbocycles. The van der Waals surface area contributed by atoms with Gasteiger partial charge in [0.1, 0.15) is 29.6 Å². The molecule has 0 unspecified atom stereocenters. The number of hydrogen-bond donors (Lipinski definition) is 1. The Morgan fingerprint density at radius 2 is 2.15 bits per heavy atom. The second kappa shape index (κ2) is 7.65. The van der Waals surface area contributed by atoms with E-state index in [0.717, 1.165) is 19.5 Å². The zero-order valence-electron chi connectivity index (χ0n) is 14.7. The fourth-order valence-electron chi connectivity index (χ4n) is 2.92. The number of nitrogens with zero attached hydrogens (tertiary/aromatic N) is 3. The predicted molar refractivity (Wildman–Crippen MR) is 93.6 cm³/mol. The summed E-state index contributed by atoms with van der Waals surface area (Å²) in [5.74, 6) is 0.0489. The lowest BCUT2D eigenvalue weighted by Crippen LogP contribution is -2.41. The number of aromatic amines is 1. The maximum atomic E-state index is 12.9. The molecule has 0 radical (unpaired) electrons. The molecule has 3 rings (SSSR count). The largest absolute Gasteiger partial charge is 0.486 e. The van der Waals surface area contributed by atoms with Gasteiger partial charge in [-0.05, 0) is 44.3 Å². The molecule has 1 aromatic heterocycles. The number of carbonyl (C=O) groups is 1. The number of ether oxygens (including phenoxy) is 1. The van der Waals surface area contributed by atoms with Crippen molar-refractivity contribution in [2.45, 2.75) is 19.1 Å². The van der Waals surface area contributed by atoms with Gasteiger partial charge in [-0.1, -0.05) is 0 Å². The minimum Gasteiger partial charge on any atom is -0.486 e. The number of aromatic nitrogens is 2. The van der Waals surface area contributed by atoms with E-state index in [1.807, 2.05) is 7.05 Å².